The molecule has 0 amide bonds. The van der Waals surface area contributed by atoms with Crippen molar-refractivity contribution in [1.29, 1.82) is 0 Å². The van der Waals surface area contributed by atoms with Gasteiger partial charge in [-0.05, 0) is 56.2 Å². The van der Waals surface area contributed by atoms with Crippen molar-refractivity contribution in [3.8, 4) is 11.6 Å². The summed E-state index contributed by atoms with van der Waals surface area (Å²) < 4.78 is 18.9. The number of aromatic nitrogens is 1. The van der Waals surface area contributed by atoms with Crippen molar-refractivity contribution >= 4 is 11.6 Å². The third-order valence-electron chi connectivity index (χ3n) is 2.91. The van der Waals surface area contributed by atoms with E-state index in [9.17, 15) is 4.39 Å². The van der Waals surface area contributed by atoms with Crippen molar-refractivity contribution < 1.29 is 9.13 Å². The molecule has 0 radical (unpaired) electrons. The van der Waals surface area contributed by atoms with Crippen molar-refractivity contribution in [3.05, 3.63) is 52.5 Å². The minimum absolute atomic E-state index is 0.282. The summed E-state index contributed by atoms with van der Waals surface area (Å²) in [4.78, 5) is 4.36. The molecule has 19 heavy (non-hydrogen) atoms. The first-order valence-corrected chi connectivity index (χ1v) is 6.52. The van der Waals surface area contributed by atoms with Gasteiger partial charge in [-0.1, -0.05) is 0 Å². The highest BCUT2D eigenvalue weighted by atomic mass is 35.5. The number of halogens is 2. The van der Waals surface area contributed by atoms with E-state index in [-0.39, 0.29) is 5.82 Å². The highest BCUT2D eigenvalue weighted by molar-refractivity contribution is 6.17. The standard InChI is InChI=1S/C15H15ClFNO/c1-9-6-11(3)18-15(13(9)8-16)19-14-5-4-12(17)7-10(14)2/h4-7H,8H2,1-3H3. The van der Waals surface area contributed by atoms with E-state index >= 15 is 0 Å². The van der Waals surface area contributed by atoms with Gasteiger partial charge in [0, 0.05) is 11.3 Å². The predicted molar refractivity (Wildman–Crippen MR) is 74.5 cm³/mol. The largest absolute Gasteiger partial charge is 0.438 e. The van der Waals surface area contributed by atoms with E-state index < -0.39 is 0 Å². The molecule has 0 saturated heterocycles. The first kappa shape index (κ1) is 13.8. The highest BCUT2D eigenvalue weighted by Crippen LogP contribution is 2.29. The molecule has 2 rings (SSSR count). The maximum Gasteiger partial charge on any atom is 0.224 e. The third kappa shape index (κ3) is 3.04. The number of pyridine rings is 1. The fourth-order valence-corrected chi connectivity index (χ4v) is 2.23. The van der Waals surface area contributed by atoms with Crippen molar-refractivity contribution in [1.82, 2.24) is 4.98 Å². The lowest BCUT2D eigenvalue weighted by Crippen LogP contribution is -1.99. The second kappa shape index (κ2) is 5.57. The number of ether oxygens (including phenoxy) is 1. The van der Waals surface area contributed by atoms with Crippen LogP contribution >= 0.6 is 11.6 Å². The molecule has 2 nitrogen and oxygen atoms in total. The average Bonchev–Trinajstić information content (AvgIpc) is 2.32. The normalized spacial score (nSPS) is 10.6. The molecule has 1 aromatic heterocycles. The molecule has 2 aromatic rings. The molecule has 4 heteroatoms. The Morgan fingerprint density at radius 3 is 2.53 bits per heavy atom. The summed E-state index contributed by atoms with van der Waals surface area (Å²) >= 11 is 5.94. The van der Waals surface area contributed by atoms with E-state index in [1.165, 1.54) is 12.1 Å². The van der Waals surface area contributed by atoms with E-state index in [4.69, 9.17) is 16.3 Å². The van der Waals surface area contributed by atoms with Crippen molar-refractivity contribution in [2.45, 2.75) is 26.7 Å². The molecule has 0 aliphatic heterocycles. The zero-order valence-corrected chi connectivity index (χ0v) is 11.9. The fourth-order valence-electron chi connectivity index (χ4n) is 1.91. The van der Waals surface area contributed by atoms with E-state index in [1.54, 1.807) is 13.0 Å². The first-order chi connectivity index (χ1) is 9.01. The summed E-state index contributed by atoms with van der Waals surface area (Å²) in [5.41, 5.74) is 3.48. The lowest BCUT2D eigenvalue weighted by molar-refractivity contribution is 0.451. The molecule has 0 bridgehead atoms. The molecular weight excluding hydrogens is 265 g/mol. The minimum Gasteiger partial charge on any atom is -0.438 e. The van der Waals surface area contributed by atoms with Crippen LogP contribution in [0.4, 0.5) is 4.39 Å². The van der Waals surface area contributed by atoms with Gasteiger partial charge in [-0.2, -0.15) is 0 Å². The summed E-state index contributed by atoms with van der Waals surface area (Å²) in [6, 6.07) is 6.35. The number of alkyl halides is 1. The van der Waals surface area contributed by atoms with E-state index in [1.807, 2.05) is 19.9 Å². The topological polar surface area (TPSA) is 22.1 Å². The molecule has 0 spiro atoms. The lowest BCUT2D eigenvalue weighted by Gasteiger charge is -2.13. The van der Waals surface area contributed by atoms with E-state index in [0.717, 1.165) is 22.4 Å². The molecule has 1 aromatic carbocycles. The third-order valence-corrected chi connectivity index (χ3v) is 3.18. The zero-order chi connectivity index (χ0) is 14.0. The van der Waals surface area contributed by atoms with Crippen LogP contribution in [0.3, 0.4) is 0 Å². The van der Waals surface area contributed by atoms with E-state index in [0.29, 0.717) is 17.5 Å². The van der Waals surface area contributed by atoms with Crippen molar-refractivity contribution in [3.63, 3.8) is 0 Å². The number of rotatable bonds is 3. The Morgan fingerprint density at radius 1 is 1.16 bits per heavy atom. The van der Waals surface area contributed by atoms with Gasteiger partial charge < -0.3 is 4.74 Å². The minimum atomic E-state index is -0.282. The zero-order valence-electron chi connectivity index (χ0n) is 11.1. The van der Waals surface area contributed by atoms with Gasteiger partial charge in [0.05, 0.1) is 5.88 Å². The molecule has 0 N–H and O–H groups in total. The maximum atomic E-state index is 13.1. The lowest BCUT2D eigenvalue weighted by atomic mass is 10.1. The summed E-state index contributed by atoms with van der Waals surface area (Å²) in [5, 5.41) is 0. The summed E-state index contributed by atoms with van der Waals surface area (Å²) in [6.45, 7) is 5.66. The summed E-state index contributed by atoms with van der Waals surface area (Å²) in [6.07, 6.45) is 0. The fraction of sp³-hybridized carbons (Fsp3) is 0.267. The van der Waals surface area contributed by atoms with Crippen molar-refractivity contribution in [2.75, 3.05) is 0 Å². The van der Waals surface area contributed by atoms with E-state index in [2.05, 4.69) is 4.98 Å². The Kier molecular flexibility index (Phi) is 4.05. The van der Waals surface area contributed by atoms with Gasteiger partial charge in [-0.15, -0.1) is 11.6 Å². The average molecular weight is 280 g/mol. The summed E-state index contributed by atoms with van der Waals surface area (Å²) in [7, 11) is 0. The smallest absolute Gasteiger partial charge is 0.224 e. The van der Waals surface area contributed by atoms with Gasteiger partial charge in [0.25, 0.3) is 0 Å². The van der Waals surface area contributed by atoms with Gasteiger partial charge in [0.2, 0.25) is 5.88 Å². The number of benzene rings is 1. The molecule has 0 unspecified atom stereocenters. The molecule has 0 saturated carbocycles. The molecule has 1 heterocycles. The van der Waals surface area contributed by atoms with Crippen LogP contribution in [0.5, 0.6) is 11.6 Å². The maximum absolute atomic E-state index is 13.1. The monoisotopic (exact) mass is 279 g/mol. The highest BCUT2D eigenvalue weighted by Gasteiger charge is 2.11. The molecule has 0 fully saturated rings. The Bertz CT molecular complexity index is 613. The Hall–Kier alpha value is -1.61. The number of hydrogen-bond donors (Lipinski definition) is 0. The molecular formula is C15H15ClFNO. The van der Waals surface area contributed by atoms with Gasteiger partial charge in [0.15, 0.2) is 0 Å². The number of nitrogens with zero attached hydrogens (tertiary/aromatic N) is 1. The molecule has 0 atom stereocenters. The van der Waals surface area contributed by atoms with Crippen LogP contribution in [0.1, 0.15) is 22.4 Å². The van der Waals surface area contributed by atoms with Gasteiger partial charge in [-0.3, -0.25) is 0 Å². The second-order valence-corrected chi connectivity index (χ2v) is 4.78. The number of aryl methyl sites for hydroxylation is 3. The SMILES string of the molecule is Cc1cc(C)c(CCl)c(Oc2ccc(F)cc2C)n1. The van der Waals surface area contributed by atoms with Crippen LogP contribution in [0.15, 0.2) is 24.3 Å². The van der Waals surface area contributed by atoms with Crippen LogP contribution in [-0.4, -0.2) is 4.98 Å². The molecule has 0 aliphatic rings. The predicted octanol–water partition coefficient (Wildman–Crippen LogP) is 4.68. The Morgan fingerprint density at radius 2 is 1.89 bits per heavy atom. The van der Waals surface area contributed by atoms with Crippen LogP contribution in [0.2, 0.25) is 0 Å². The summed E-state index contributed by atoms with van der Waals surface area (Å²) in [5.74, 6) is 1.12. The van der Waals surface area contributed by atoms with Gasteiger partial charge in [-0.25, -0.2) is 9.37 Å². The van der Waals surface area contributed by atoms with Crippen LogP contribution < -0.4 is 4.74 Å². The number of hydrogen-bond acceptors (Lipinski definition) is 2. The van der Waals surface area contributed by atoms with Gasteiger partial charge >= 0.3 is 0 Å². The Balaban J connectivity index is 2.42. The molecule has 100 valence electrons. The second-order valence-electron chi connectivity index (χ2n) is 4.51. The van der Waals surface area contributed by atoms with Gasteiger partial charge in [0.1, 0.15) is 11.6 Å². The van der Waals surface area contributed by atoms with Crippen LogP contribution in [0.25, 0.3) is 0 Å². The van der Waals surface area contributed by atoms with Crippen molar-refractivity contribution in [2.24, 2.45) is 0 Å². The molecule has 0 aliphatic carbocycles. The van der Waals surface area contributed by atoms with Crippen LogP contribution in [0, 0.1) is 26.6 Å². The Labute approximate surface area is 117 Å². The quantitative estimate of drug-likeness (QED) is 0.761. The first-order valence-electron chi connectivity index (χ1n) is 5.98. The van der Waals surface area contributed by atoms with Crippen LogP contribution in [-0.2, 0) is 5.88 Å².